The molecule has 2 aliphatic heterocycles. The van der Waals surface area contributed by atoms with Gasteiger partial charge in [-0.15, -0.1) is 0 Å². The van der Waals surface area contributed by atoms with Crippen LogP contribution in [0.15, 0.2) is 35.5 Å². The third kappa shape index (κ3) is 4.35. The number of benzene rings is 1. The fourth-order valence-electron chi connectivity index (χ4n) is 3.08. The van der Waals surface area contributed by atoms with E-state index in [2.05, 4.69) is 15.5 Å². The van der Waals surface area contributed by atoms with Gasteiger partial charge in [0.1, 0.15) is 0 Å². The van der Waals surface area contributed by atoms with Crippen molar-refractivity contribution in [1.82, 2.24) is 15.5 Å². The molecule has 0 aromatic heterocycles. The topological polar surface area (TPSA) is 79.9 Å². The number of halogens is 1. The molecule has 0 aliphatic carbocycles. The third-order valence-corrected chi connectivity index (χ3v) is 4.59. The van der Waals surface area contributed by atoms with E-state index in [1.54, 1.807) is 31.2 Å². The van der Waals surface area contributed by atoms with Gasteiger partial charge in [-0.05, 0) is 24.6 Å². The van der Waals surface area contributed by atoms with Crippen molar-refractivity contribution >= 4 is 23.6 Å². The molecule has 2 amide bonds. The lowest BCUT2D eigenvalue weighted by Crippen LogP contribution is -2.49. The molecule has 8 heteroatoms. The highest BCUT2D eigenvalue weighted by Crippen LogP contribution is 2.29. The molecule has 1 aromatic carbocycles. The molecule has 2 heterocycles. The molecule has 0 radical (unpaired) electrons. The summed E-state index contributed by atoms with van der Waals surface area (Å²) >= 11 is 5.96. The minimum Gasteiger partial charge on any atom is -0.463 e. The summed E-state index contributed by atoms with van der Waals surface area (Å²) in [5.74, 6) is -0.441. The van der Waals surface area contributed by atoms with Crippen LogP contribution in [-0.4, -0.2) is 56.4 Å². The number of amides is 2. The second kappa shape index (κ2) is 8.53. The zero-order valence-corrected chi connectivity index (χ0v) is 15.3. The van der Waals surface area contributed by atoms with E-state index in [0.29, 0.717) is 36.1 Å². The largest absolute Gasteiger partial charge is 0.463 e. The van der Waals surface area contributed by atoms with Gasteiger partial charge in [-0.2, -0.15) is 0 Å². The van der Waals surface area contributed by atoms with E-state index in [4.69, 9.17) is 21.1 Å². The third-order valence-electron chi connectivity index (χ3n) is 4.34. The molecule has 1 aromatic rings. The Kier molecular flexibility index (Phi) is 6.13. The minimum absolute atomic E-state index is 0.258. The van der Waals surface area contributed by atoms with E-state index in [0.717, 1.165) is 18.7 Å². The first-order chi connectivity index (χ1) is 12.6. The highest BCUT2D eigenvalue weighted by molar-refractivity contribution is 6.30. The first kappa shape index (κ1) is 18.7. The molecular weight excluding hydrogens is 358 g/mol. The number of morpholine rings is 1. The number of esters is 1. The Labute approximate surface area is 157 Å². The maximum absolute atomic E-state index is 12.7. The monoisotopic (exact) mass is 379 g/mol. The van der Waals surface area contributed by atoms with E-state index in [1.165, 1.54) is 0 Å². The number of hydrogen-bond acceptors (Lipinski definition) is 5. The van der Waals surface area contributed by atoms with Crippen LogP contribution in [0, 0.1) is 0 Å². The Morgan fingerprint density at radius 1 is 1.31 bits per heavy atom. The van der Waals surface area contributed by atoms with Crippen molar-refractivity contribution in [3.63, 3.8) is 0 Å². The molecule has 1 fully saturated rings. The van der Waals surface area contributed by atoms with E-state index in [1.807, 2.05) is 0 Å². The van der Waals surface area contributed by atoms with Gasteiger partial charge in [0, 0.05) is 30.4 Å². The molecular formula is C18H22ClN3O4. The lowest BCUT2D eigenvalue weighted by Gasteiger charge is -2.33. The number of hydrogen-bond donors (Lipinski definition) is 2. The number of urea groups is 1. The van der Waals surface area contributed by atoms with Gasteiger partial charge in [0.05, 0.1) is 31.4 Å². The molecule has 1 saturated heterocycles. The Morgan fingerprint density at radius 3 is 2.65 bits per heavy atom. The Bertz CT molecular complexity index is 699. The highest BCUT2D eigenvalue weighted by Gasteiger charge is 2.34. The number of carbonyl (C=O) groups is 2. The van der Waals surface area contributed by atoms with E-state index in [9.17, 15) is 9.59 Å². The maximum Gasteiger partial charge on any atom is 0.338 e. The molecule has 0 bridgehead atoms. The average Bonchev–Trinajstić information content (AvgIpc) is 2.63. The van der Waals surface area contributed by atoms with Crippen molar-refractivity contribution in [2.45, 2.75) is 13.0 Å². The molecule has 1 atom stereocenters. The van der Waals surface area contributed by atoms with Crippen LogP contribution < -0.4 is 10.6 Å². The summed E-state index contributed by atoms with van der Waals surface area (Å²) in [4.78, 5) is 27.0. The van der Waals surface area contributed by atoms with Crippen LogP contribution in [-0.2, 0) is 14.3 Å². The van der Waals surface area contributed by atoms with Crippen molar-refractivity contribution in [3.05, 3.63) is 46.1 Å². The number of carbonyl (C=O) groups excluding carboxylic acids is 2. The number of ether oxygens (including phenoxy) is 2. The van der Waals surface area contributed by atoms with Crippen LogP contribution >= 0.6 is 11.6 Å². The Morgan fingerprint density at radius 2 is 2.00 bits per heavy atom. The fourth-order valence-corrected chi connectivity index (χ4v) is 3.21. The Balaban J connectivity index is 1.96. The molecule has 26 heavy (non-hydrogen) atoms. The number of rotatable bonds is 5. The predicted octanol–water partition coefficient (Wildman–Crippen LogP) is 1.84. The molecule has 2 N–H and O–H groups in total. The minimum atomic E-state index is -0.587. The number of nitrogens with zero attached hydrogens (tertiary/aromatic N) is 1. The van der Waals surface area contributed by atoms with Gasteiger partial charge in [0.15, 0.2) is 0 Å². The van der Waals surface area contributed by atoms with Crippen LogP contribution in [0.4, 0.5) is 4.79 Å². The van der Waals surface area contributed by atoms with E-state index < -0.39 is 12.0 Å². The van der Waals surface area contributed by atoms with Crippen LogP contribution in [0.5, 0.6) is 0 Å². The van der Waals surface area contributed by atoms with Crippen LogP contribution in [0.3, 0.4) is 0 Å². The van der Waals surface area contributed by atoms with Crippen LogP contribution in [0.2, 0.25) is 5.02 Å². The molecule has 1 unspecified atom stereocenters. The quantitative estimate of drug-likeness (QED) is 0.763. The molecule has 0 spiro atoms. The smallest absolute Gasteiger partial charge is 0.338 e. The van der Waals surface area contributed by atoms with Gasteiger partial charge in [0.2, 0.25) is 0 Å². The summed E-state index contributed by atoms with van der Waals surface area (Å²) in [6.45, 7) is 5.22. The van der Waals surface area contributed by atoms with Gasteiger partial charge in [-0.25, -0.2) is 9.59 Å². The molecule has 0 saturated carbocycles. The molecule has 140 valence electrons. The maximum atomic E-state index is 12.7. The predicted molar refractivity (Wildman–Crippen MR) is 96.8 cm³/mol. The van der Waals surface area contributed by atoms with Crippen molar-refractivity contribution in [2.24, 2.45) is 0 Å². The SMILES string of the molecule is CCOC(=O)C1=C(CN2CCOCC2)NC(=O)NC1c1ccc(Cl)cc1. The van der Waals surface area contributed by atoms with Gasteiger partial charge in [-0.3, -0.25) is 4.90 Å². The first-order valence-electron chi connectivity index (χ1n) is 8.61. The zero-order valence-electron chi connectivity index (χ0n) is 14.6. The van der Waals surface area contributed by atoms with E-state index in [-0.39, 0.29) is 12.6 Å². The normalized spacial score (nSPS) is 21.2. The fraction of sp³-hybridized carbons (Fsp3) is 0.444. The highest BCUT2D eigenvalue weighted by atomic mass is 35.5. The van der Waals surface area contributed by atoms with Gasteiger partial charge >= 0.3 is 12.0 Å². The van der Waals surface area contributed by atoms with Crippen molar-refractivity contribution < 1.29 is 19.1 Å². The van der Waals surface area contributed by atoms with Gasteiger partial charge in [-0.1, -0.05) is 23.7 Å². The molecule has 2 aliphatic rings. The van der Waals surface area contributed by atoms with Crippen molar-refractivity contribution in [1.29, 1.82) is 0 Å². The second-order valence-electron chi connectivity index (χ2n) is 6.08. The van der Waals surface area contributed by atoms with E-state index >= 15 is 0 Å². The second-order valence-corrected chi connectivity index (χ2v) is 6.52. The van der Waals surface area contributed by atoms with Crippen molar-refractivity contribution in [3.8, 4) is 0 Å². The number of nitrogens with one attached hydrogen (secondary N) is 2. The van der Waals surface area contributed by atoms with Crippen LogP contribution in [0.25, 0.3) is 0 Å². The summed E-state index contributed by atoms with van der Waals surface area (Å²) in [5, 5.41) is 6.19. The zero-order chi connectivity index (χ0) is 18.5. The summed E-state index contributed by atoms with van der Waals surface area (Å²) in [7, 11) is 0. The molecule has 3 rings (SSSR count). The average molecular weight is 380 g/mol. The summed E-state index contributed by atoms with van der Waals surface area (Å²) in [6, 6.07) is 6.12. The van der Waals surface area contributed by atoms with Gasteiger partial charge in [0.25, 0.3) is 0 Å². The van der Waals surface area contributed by atoms with Crippen LogP contribution in [0.1, 0.15) is 18.5 Å². The Hall–Kier alpha value is -2.09. The van der Waals surface area contributed by atoms with Crippen molar-refractivity contribution in [2.75, 3.05) is 39.5 Å². The first-order valence-corrected chi connectivity index (χ1v) is 8.99. The summed E-state index contributed by atoms with van der Waals surface area (Å²) in [5.41, 5.74) is 1.75. The molecule has 7 nitrogen and oxygen atoms in total. The summed E-state index contributed by atoms with van der Waals surface area (Å²) in [6.07, 6.45) is 0. The summed E-state index contributed by atoms with van der Waals surface area (Å²) < 4.78 is 10.6. The van der Waals surface area contributed by atoms with Gasteiger partial charge < -0.3 is 20.1 Å². The standard InChI is InChI=1S/C18H22ClN3O4/c1-2-26-17(23)15-14(11-22-7-9-25-10-8-22)20-18(24)21-16(15)12-3-5-13(19)6-4-12/h3-6,16H,2,7-11H2,1H3,(H2,20,21,24). The lowest BCUT2D eigenvalue weighted by atomic mass is 9.95. The lowest BCUT2D eigenvalue weighted by molar-refractivity contribution is -0.139.